The van der Waals surface area contributed by atoms with Crippen LogP contribution in [0.15, 0.2) is 6.20 Å². The molecule has 116 valence electrons. The Morgan fingerprint density at radius 2 is 1.95 bits per heavy atom. The van der Waals surface area contributed by atoms with Crippen molar-refractivity contribution in [3.05, 3.63) is 17.5 Å². The van der Waals surface area contributed by atoms with Crippen LogP contribution in [-0.4, -0.2) is 33.7 Å². The van der Waals surface area contributed by atoms with E-state index in [1.807, 2.05) is 27.1 Å². The molecule has 0 aromatic carbocycles. The van der Waals surface area contributed by atoms with Crippen molar-refractivity contribution in [2.24, 2.45) is 18.7 Å². The molecule has 0 unspecified atom stereocenters. The summed E-state index contributed by atoms with van der Waals surface area (Å²) in [5.41, 5.74) is 8.03. The third-order valence-electron chi connectivity index (χ3n) is 3.27. The molecule has 1 amide bonds. The van der Waals surface area contributed by atoms with Gasteiger partial charge in [-0.15, -0.1) is 12.4 Å². The highest BCUT2D eigenvalue weighted by molar-refractivity contribution is 5.85. The zero-order valence-electron chi connectivity index (χ0n) is 13.3. The van der Waals surface area contributed by atoms with Gasteiger partial charge in [0.25, 0.3) is 0 Å². The smallest absolute Gasteiger partial charge is 0.239 e. The van der Waals surface area contributed by atoms with Crippen molar-refractivity contribution < 1.29 is 4.79 Å². The van der Waals surface area contributed by atoms with E-state index >= 15 is 0 Å². The molecule has 0 radical (unpaired) electrons. The minimum Gasteiger partial charge on any atom is -0.340 e. The Bertz CT molecular complexity index is 442. The van der Waals surface area contributed by atoms with E-state index in [2.05, 4.69) is 18.9 Å². The SMILES string of the molecule is CC(C)c1nn(C)cc1CN(C)C(=O)[C@@H](N)C(C)C.Cl. The number of nitrogens with two attached hydrogens (primary N) is 1. The summed E-state index contributed by atoms with van der Waals surface area (Å²) in [6.07, 6.45) is 1.97. The van der Waals surface area contributed by atoms with E-state index in [1.165, 1.54) is 0 Å². The lowest BCUT2D eigenvalue weighted by Crippen LogP contribution is -2.44. The number of halogens is 1. The highest BCUT2D eigenvalue weighted by atomic mass is 35.5. The van der Waals surface area contributed by atoms with Crippen LogP contribution in [0.4, 0.5) is 0 Å². The number of hydrogen-bond donors (Lipinski definition) is 1. The van der Waals surface area contributed by atoms with Crippen LogP contribution in [0.3, 0.4) is 0 Å². The Morgan fingerprint density at radius 1 is 1.40 bits per heavy atom. The molecular formula is C14H27ClN4O. The van der Waals surface area contributed by atoms with Gasteiger partial charge in [-0.25, -0.2) is 0 Å². The van der Waals surface area contributed by atoms with Crippen molar-refractivity contribution in [3.63, 3.8) is 0 Å². The van der Waals surface area contributed by atoms with Crippen LogP contribution < -0.4 is 5.73 Å². The molecular weight excluding hydrogens is 276 g/mol. The molecule has 1 aromatic heterocycles. The molecule has 20 heavy (non-hydrogen) atoms. The lowest BCUT2D eigenvalue weighted by molar-refractivity contribution is -0.132. The quantitative estimate of drug-likeness (QED) is 0.903. The van der Waals surface area contributed by atoms with Gasteiger partial charge in [0.2, 0.25) is 5.91 Å². The van der Waals surface area contributed by atoms with Gasteiger partial charge in [0, 0.05) is 32.4 Å². The molecule has 0 aliphatic rings. The number of carbonyl (C=O) groups is 1. The number of aromatic nitrogens is 2. The molecule has 6 heteroatoms. The van der Waals surface area contributed by atoms with Gasteiger partial charge in [-0.3, -0.25) is 9.48 Å². The van der Waals surface area contributed by atoms with Crippen LogP contribution in [0.1, 0.15) is 44.9 Å². The minimum absolute atomic E-state index is 0. The van der Waals surface area contributed by atoms with Crippen LogP contribution in [0.5, 0.6) is 0 Å². The van der Waals surface area contributed by atoms with E-state index in [-0.39, 0.29) is 24.2 Å². The first-order chi connectivity index (χ1) is 8.73. The fourth-order valence-electron chi connectivity index (χ4n) is 2.04. The summed E-state index contributed by atoms with van der Waals surface area (Å²) in [5.74, 6) is 0.473. The summed E-state index contributed by atoms with van der Waals surface area (Å²) in [4.78, 5) is 13.8. The average molecular weight is 303 g/mol. The molecule has 0 fully saturated rings. The van der Waals surface area contributed by atoms with Gasteiger partial charge in [0.05, 0.1) is 11.7 Å². The number of likely N-dealkylation sites (N-methyl/N-ethyl adjacent to an activating group) is 1. The molecule has 1 aromatic rings. The standard InChI is InChI=1S/C14H26N4O.ClH/c1-9(2)12(15)14(19)17(5)7-11-8-18(6)16-13(11)10(3)4;/h8-10,12H,7,15H2,1-6H3;1H/t12-;/m0./s1. The Hall–Kier alpha value is -1.07. The van der Waals surface area contributed by atoms with Crippen molar-refractivity contribution in [1.29, 1.82) is 0 Å². The Morgan fingerprint density at radius 3 is 2.40 bits per heavy atom. The lowest BCUT2D eigenvalue weighted by Gasteiger charge is -2.23. The van der Waals surface area contributed by atoms with E-state index in [0.29, 0.717) is 12.5 Å². The maximum absolute atomic E-state index is 12.2. The van der Waals surface area contributed by atoms with Crippen molar-refractivity contribution in [1.82, 2.24) is 14.7 Å². The fraction of sp³-hybridized carbons (Fsp3) is 0.714. The molecule has 2 N–H and O–H groups in total. The summed E-state index contributed by atoms with van der Waals surface area (Å²) in [5, 5.41) is 4.45. The van der Waals surface area contributed by atoms with Gasteiger partial charge in [0.15, 0.2) is 0 Å². The van der Waals surface area contributed by atoms with E-state index < -0.39 is 6.04 Å². The third kappa shape index (κ3) is 4.49. The average Bonchev–Trinajstić information content (AvgIpc) is 2.68. The zero-order chi connectivity index (χ0) is 14.7. The van der Waals surface area contributed by atoms with Gasteiger partial charge in [-0.1, -0.05) is 27.7 Å². The number of rotatable bonds is 5. The van der Waals surface area contributed by atoms with E-state index in [0.717, 1.165) is 11.3 Å². The molecule has 1 heterocycles. The molecule has 1 atom stereocenters. The van der Waals surface area contributed by atoms with E-state index in [4.69, 9.17) is 5.73 Å². The van der Waals surface area contributed by atoms with Crippen molar-refractivity contribution in [2.75, 3.05) is 7.05 Å². The molecule has 0 aliphatic heterocycles. The monoisotopic (exact) mass is 302 g/mol. The summed E-state index contributed by atoms with van der Waals surface area (Å²) in [6, 6.07) is -0.441. The van der Waals surface area contributed by atoms with Gasteiger partial charge >= 0.3 is 0 Å². The van der Waals surface area contributed by atoms with Crippen LogP contribution >= 0.6 is 12.4 Å². The molecule has 0 saturated carbocycles. The van der Waals surface area contributed by atoms with Crippen LogP contribution in [0.25, 0.3) is 0 Å². The van der Waals surface area contributed by atoms with Gasteiger partial charge in [-0.05, 0) is 11.8 Å². The van der Waals surface area contributed by atoms with Crippen molar-refractivity contribution in [2.45, 2.75) is 46.2 Å². The maximum atomic E-state index is 12.2. The number of nitrogens with zero attached hydrogens (tertiary/aromatic N) is 3. The Kier molecular flexibility index (Phi) is 7.23. The van der Waals surface area contributed by atoms with Crippen LogP contribution in [0.2, 0.25) is 0 Å². The fourth-order valence-corrected chi connectivity index (χ4v) is 2.04. The number of aryl methyl sites for hydroxylation is 1. The lowest BCUT2D eigenvalue weighted by atomic mass is 10.0. The third-order valence-corrected chi connectivity index (χ3v) is 3.27. The second-order valence-corrected chi connectivity index (χ2v) is 5.83. The first-order valence-electron chi connectivity index (χ1n) is 6.77. The van der Waals surface area contributed by atoms with Gasteiger partial charge < -0.3 is 10.6 Å². The van der Waals surface area contributed by atoms with Crippen molar-refractivity contribution >= 4 is 18.3 Å². The van der Waals surface area contributed by atoms with Crippen LogP contribution in [0, 0.1) is 5.92 Å². The van der Waals surface area contributed by atoms with E-state index in [1.54, 1.807) is 16.6 Å². The first-order valence-corrected chi connectivity index (χ1v) is 6.77. The summed E-state index contributed by atoms with van der Waals surface area (Å²) < 4.78 is 1.80. The topological polar surface area (TPSA) is 64.2 Å². The normalized spacial score (nSPS) is 12.4. The summed E-state index contributed by atoms with van der Waals surface area (Å²) >= 11 is 0. The zero-order valence-corrected chi connectivity index (χ0v) is 14.1. The Labute approximate surface area is 127 Å². The molecule has 5 nitrogen and oxygen atoms in total. The molecule has 1 rings (SSSR count). The highest BCUT2D eigenvalue weighted by Gasteiger charge is 2.22. The first kappa shape index (κ1) is 18.9. The maximum Gasteiger partial charge on any atom is 0.239 e. The molecule has 0 aliphatic carbocycles. The molecule has 0 saturated heterocycles. The number of amides is 1. The van der Waals surface area contributed by atoms with Crippen molar-refractivity contribution in [3.8, 4) is 0 Å². The summed E-state index contributed by atoms with van der Waals surface area (Å²) in [6.45, 7) is 8.68. The minimum atomic E-state index is -0.441. The predicted molar refractivity (Wildman–Crippen MR) is 83.8 cm³/mol. The molecule has 0 bridgehead atoms. The van der Waals surface area contributed by atoms with Crippen LogP contribution in [-0.2, 0) is 18.4 Å². The van der Waals surface area contributed by atoms with Gasteiger partial charge in [-0.2, -0.15) is 5.10 Å². The second-order valence-electron chi connectivity index (χ2n) is 5.83. The second kappa shape index (κ2) is 7.64. The number of carbonyl (C=O) groups excluding carboxylic acids is 1. The van der Waals surface area contributed by atoms with Gasteiger partial charge in [0.1, 0.15) is 0 Å². The predicted octanol–water partition coefficient (Wildman–Crippen LogP) is 1.91. The largest absolute Gasteiger partial charge is 0.340 e. The summed E-state index contributed by atoms with van der Waals surface area (Å²) in [7, 11) is 3.69. The Balaban J connectivity index is 0.00000361. The molecule has 0 spiro atoms. The highest BCUT2D eigenvalue weighted by Crippen LogP contribution is 2.19. The van der Waals surface area contributed by atoms with E-state index in [9.17, 15) is 4.79 Å². The number of hydrogen-bond acceptors (Lipinski definition) is 3.